The van der Waals surface area contributed by atoms with Crippen molar-refractivity contribution in [3.05, 3.63) is 71.0 Å². The van der Waals surface area contributed by atoms with Gasteiger partial charge in [-0.3, -0.25) is 10.1 Å². The number of nitrogens with zero attached hydrogens (tertiary/aromatic N) is 1. The van der Waals surface area contributed by atoms with E-state index in [0.717, 1.165) is 5.56 Å². The van der Waals surface area contributed by atoms with E-state index in [1.807, 2.05) is 43.3 Å². The minimum atomic E-state index is -3.67. The van der Waals surface area contributed by atoms with Gasteiger partial charge in [-0.1, -0.05) is 42.5 Å². The maximum absolute atomic E-state index is 15.6. The van der Waals surface area contributed by atoms with Crippen LogP contribution in [0.15, 0.2) is 48.5 Å². The zero-order valence-electron chi connectivity index (χ0n) is 21.8. The van der Waals surface area contributed by atoms with Crippen LogP contribution in [0.3, 0.4) is 0 Å². The quantitative estimate of drug-likeness (QED) is 0.507. The summed E-state index contributed by atoms with van der Waals surface area (Å²) >= 11 is 0. The number of sulfonamides is 1. The first-order chi connectivity index (χ1) is 17.7. The standard InChI is InChI=1S/C28H37FN2O5S/c1-4-36-27(32)21(3)30-28(14-16-35-17-15-28)24-12-11-23(25(29)18-24)19-31-20(2)10-13-26(37(31,33)34)22-8-6-5-7-9-22/h5-9,11-12,18,20-21,26,30H,4,10,13-17,19H2,1-3H3/t20-,21-,26+/m0/s1. The highest BCUT2D eigenvalue weighted by atomic mass is 32.2. The molecule has 0 bridgehead atoms. The van der Waals surface area contributed by atoms with Gasteiger partial charge >= 0.3 is 5.97 Å². The molecule has 7 nitrogen and oxygen atoms in total. The summed E-state index contributed by atoms with van der Waals surface area (Å²) in [6.45, 7) is 6.60. The Hall–Kier alpha value is -2.33. The molecule has 2 heterocycles. The van der Waals surface area contributed by atoms with Gasteiger partial charge in [0.15, 0.2) is 0 Å². The van der Waals surface area contributed by atoms with E-state index in [-0.39, 0.29) is 25.2 Å². The Kier molecular flexibility index (Phi) is 8.68. The van der Waals surface area contributed by atoms with Crippen LogP contribution < -0.4 is 5.32 Å². The molecule has 3 atom stereocenters. The Morgan fingerprint density at radius 1 is 1.19 bits per heavy atom. The van der Waals surface area contributed by atoms with Crippen molar-refractivity contribution < 1.29 is 27.1 Å². The van der Waals surface area contributed by atoms with Crippen LogP contribution in [-0.4, -0.2) is 50.6 Å². The third-order valence-electron chi connectivity index (χ3n) is 7.61. The fourth-order valence-electron chi connectivity index (χ4n) is 5.47. The molecular formula is C28H37FN2O5S. The van der Waals surface area contributed by atoms with Crippen molar-refractivity contribution in [1.82, 2.24) is 9.62 Å². The Morgan fingerprint density at radius 2 is 1.89 bits per heavy atom. The molecule has 37 heavy (non-hydrogen) atoms. The van der Waals surface area contributed by atoms with Crippen molar-refractivity contribution >= 4 is 16.0 Å². The minimum Gasteiger partial charge on any atom is -0.465 e. The van der Waals surface area contributed by atoms with Gasteiger partial charge in [-0.05, 0) is 63.6 Å². The second kappa shape index (κ2) is 11.6. The second-order valence-corrected chi connectivity index (χ2v) is 12.1. The van der Waals surface area contributed by atoms with Gasteiger partial charge in [-0.25, -0.2) is 12.8 Å². The van der Waals surface area contributed by atoms with Crippen molar-refractivity contribution in [3.8, 4) is 0 Å². The van der Waals surface area contributed by atoms with E-state index in [9.17, 15) is 13.2 Å². The molecule has 2 fully saturated rings. The molecule has 0 aromatic heterocycles. The molecule has 0 saturated carbocycles. The first-order valence-electron chi connectivity index (χ1n) is 13.0. The lowest BCUT2D eigenvalue weighted by atomic mass is 9.81. The third-order valence-corrected chi connectivity index (χ3v) is 9.98. The van der Waals surface area contributed by atoms with Gasteiger partial charge in [0.1, 0.15) is 17.1 Å². The molecule has 2 saturated heterocycles. The number of benzene rings is 2. The predicted molar refractivity (Wildman–Crippen MR) is 140 cm³/mol. The van der Waals surface area contributed by atoms with Crippen molar-refractivity contribution in [2.75, 3.05) is 19.8 Å². The number of nitrogens with one attached hydrogen (secondary N) is 1. The lowest BCUT2D eigenvalue weighted by Gasteiger charge is -2.40. The number of halogens is 1. The Bertz CT molecular complexity index is 1180. The molecule has 0 unspecified atom stereocenters. The van der Waals surface area contributed by atoms with Crippen LogP contribution >= 0.6 is 0 Å². The first kappa shape index (κ1) is 27.7. The fraction of sp³-hybridized carbons (Fsp3) is 0.536. The summed E-state index contributed by atoms with van der Waals surface area (Å²) in [5, 5.41) is 2.74. The van der Waals surface area contributed by atoms with Gasteiger partial charge < -0.3 is 9.47 Å². The SMILES string of the molecule is CCOC(=O)[C@H](C)NC1(c2ccc(CN3[C@@H](C)CC[C@H](c4ccccc4)S3(=O)=O)c(F)c2)CCOCC1. The number of ether oxygens (including phenoxy) is 2. The molecule has 2 aromatic carbocycles. The molecule has 0 spiro atoms. The lowest BCUT2D eigenvalue weighted by Crippen LogP contribution is -2.53. The van der Waals surface area contributed by atoms with Crippen LogP contribution in [0, 0.1) is 5.82 Å². The molecule has 0 aliphatic carbocycles. The third kappa shape index (κ3) is 5.90. The summed E-state index contributed by atoms with van der Waals surface area (Å²) in [4.78, 5) is 12.3. The number of carbonyl (C=O) groups excluding carboxylic acids is 1. The van der Waals surface area contributed by atoms with Gasteiger partial charge in [0.2, 0.25) is 10.0 Å². The highest BCUT2D eigenvalue weighted by Crippen LogP contribution is 2.39. The average Bonchev–Trinajstić information content (AvgIpc) is 2.88. The number of carbonyl (C=O) groups is 1. The summed E-state index contributed by atoms with van der Waals surface area (Å²) in [6.07, 6.45) is 2.40. The van der Waals surface area contributed by atoms with E-state index < -0.39 is 32.7 Å². The fourth-order valence-corrected chi connectivity index (χ4v) is 7.66. The van der Waals surface area contributed by atoms with Crippen LogP contribution in [0.25, 0.3) is 0 Å². The summed E-state index contributed by atoms with van der Waals surface area (Å²) in [7, 11) is -3.67. The normalized spacial score (nSPS) is 24.3. The van der Waals surface area contributed by atoms with E-state index in [2.05, 4.69) is 5.32 Å². The largest absolute Gasteiger partial charge is 0.465 e. The summed E-state index contributed by atoms with van der Waals surface area (Å²) in [5.41, 5.74) is 1.16. The molecular weight excluding hydrogens is 495 g/mol. The highest BCUT2D eigenvalue weighted by Gasteiger charge is 2.41. The van der Waals surface area contributed by atoms with E-state index in [4.69, 9.17) is 9.47 Å². The smallest absolute Gasteiger partial charge is 0.322 e. The molecule has 2 aromatic rings. The van der Waals surface area contributed by atoms with Gasteiger partial charge in [0.05, 0.1) is 6.61 Å². The van der Waals surface area contributed by atoms with E-state index in [0.29, 0.717) is 50.0 Å². The zero-order chi connectivity index (χ0) is 26.6. The van der Waals surface area contributed by atoms with Crippen molar-refractivity contribution in [2.24, 2.45) is 0 Å². The van der Waals surface area contributed by atoms with Gasteiger partial charge in [0.25, 0.3) is 0 Å². The molecule has 0 radical (unpaired) electrons. The monoisotopic (exact) mass is 532 g/mol. The van der Waals surface area contributed by atoms with E-state index in [1.165, 1.54) is 10.4 Å². The number of hydrogen-bond donors (Lipinski definition) is 1. The summed E-state index contributed by atoms with van der Waals surface area (Å²) in [5.74, 6) is -0.819. The molecule has 2 aliphatic rings. The van der Waals surface area contributed by atoms with Gasteiger partial charge in [0, 0.05) is 36.9 Å². The number of hydrogen-bond acceptors (Lipinski definition) is 6. The van der Waals surface area contributed by atoms with Crippen LogP contribution in [0.2, 0.25) is 0 Å². The zero-order valence-corrected chi connectivity index (χ0v) is 22.6. The molecule has 0 amide bonds. The summed E-state index contributed by atoms with van der Waals surface area (Å²) in [6, 6.07) is 13.4. The molecule has 2 aliphatic heterocycles. The molecule has 4 rings (SSSR count). The Balaban J connectivity index is 1.59. The van der Waals surface area contributed by atoms with Crippen molar-refractivity contribution in [1.29, 1.82) is 0 Å². The van der Waals surface area contributed by atoms with Crippen LogP contribution in [0.5, 0.6) is 0 Å². The topological polar surface area (TPSA) is 84.9 Å². The maximum Gasteiger partial charge on any atom is 0.322 e. The van der Waals surface area contributed by atoms with Gasteiger partial charge in [-0.15, -0.1) is 0 Å². The Labute approximate surface area is 219 Å². The minimum absolute atomic E-state index is 0.0261. The summed E-state index contributed by atoms with van der Waals surface area (Å²) < 4.78 is 54.9. The molecule has 1 N–H and O–H groups in total. The van der Waals surface area contributed by atoms with Crippen molar-refractivity contribution in [2.45, 2.75) is 75.9 Å². The van der Waals surface area contributed by atoms with Crippen LogP contribution in [-0.2, 0) is 36.4 Å². The molecule has 9 heteroatoms. The van der Waals surface area contributed by atoms with E-state index >= 15 is 4.39 Å². The maximum atomic E-state index is 15.6. The van der Waals surface area contributed by atoms with Crippen LogP contribution in [0.4, 0.5) is 4.39 Å². The molecule has 202 valence electrons. The van der Waals surface area contributed by atoms with Crippen molar-refractivity contribution in [3.63, 3.8) is 0 Å². The second-order valence-electron chi connectivity index (χ2n) is 10.0. The Morgan fingerprint density at radius 3 is 2.54 bits per heavy atom. The van der Waals surface area contributed by atoms with Gasteiger partial charge in [-0.2, -0.15) is 4.31 Å². The number of rotatable bonds is 8. The number of esters is 1. The lowest BCUT2D eigenvalue weighted by molar-refractivity contribution is -0.146. The first-order valence-corrected chi connectivity index (χ1v) is 14.5. The van der Waals surface area contributed by atoms with E-state index in [1.54, 1.807) is 19.9 Å². The predicted octanol–water partition coefficient (Wildman–Crippen LogP) is 4.43. The highest BCUT2D eigenvalue weighted by molar-refractivity contribution is 7.89. The van der Waals surface area contributed by atoms with Crippen LogP contribution in [0.1, 0.15) is 68.4 Å². The average molecular weight is 533 g/mol.